The van der Waals surface area contributed by atoms with Crippen LogP contribution in [0.2, 0.25) is 0 Å². The average Bonchev–Trinajstić information content (AvgIpc) is 3.19. The topological polar surface area (TPSA) is 71.5 Å². The summed E-state index contributed by atoms with van der Waals surface area (Å²) in [5, 5.41) is 2.85. The minimum absolute atomic E-state index is 0.0797. The molecule has 1 fully saturated rings. The van der Waals surface area contributed by atoms with Crippen LogP contribution in [0.15, 0.2) is 48.7 Å². The zero-order valence-corrected chi connectivity index (χ0v) is 14.1. The minimum atomic E-state index is -0.264. The molecule has 1 atom stereocenters. The zero-order valence-electron chi connectivity index (χ0n) is 14.1. The molecule has 2 amide bonds. The summed E-state index contributed by atoms with van der Waals surface area (Å²) < 4.78 is 5.49. The molecule has 1 aliphatic heterocycles. The number of hydrogen-bond acceptors (Lipinski definition) is 4. The molecular weight excluding hydrogens is 318 g/mol. The van der Waals surface area contributed by atoms with Crippen molar-refractivity contribution in [3.63, 3.8) is 0 Å². The molecule has 1 aliphatic rings. The van der Waals surface area contributed by atoms with E-state index in [9.17, 15) is 9.59 Å². The quantitative estimate of drug-likeness (QED) is 0.907. The lowest BCUT2D eigenvalue weighted by Crippen LogP contribution is -2.32. The van der Waals surface area contributed by atoms with Crippen LogP contribution in [0.4, 0.5) is 5.69 Å². The molecule has 2 heterocycles. The Hall–Kier alpha value is -2.73. The summed E-state index contributed by atoms with van der Waals surface area (Å²) in [7, 11) is 1.68. The van der Waals surface area contributed by atoms with Crippen LogP contribution in [0, 0.1) is 0 Å². The van der Waals surface area contributed by atoms with Gasteiger partial charge in [0.1, 0.15) is 5.69 Å². The Morgan fingerprint density at radius 1 is 1.28 bits per heavy atom. The van der Waals surface area contributed by atoms with Gasteiger partial charge in [-0.25, -0.2) is 0 Å². The molecule has 6 nitrogen and oxygen atoms in total. The van der Waals surface area contributed by atoms with Crippen LogP contribution < -0.4 is 10.2 Å². The van der Waals surface area contributed by atoms with Crippen molar-refractivity contribution in [3.8, 4) is 0 Å². The summed E-state index contributed by atoms with van der Waals surface area (Å²) in [5.41, 5.74) is 1.41. The Kier molecular flexibility index (Phi) is 5.40. The highest BCUT2D eigenvalue weighted by atomic mass is 16.5. The van der Waals surface area contributed by atoms with Crippen LogP contribution in [-0.2, 0) is 4.74 Å². The number of ether oxygens (including phenoxy) is 1. The Morgan fingerprint density at radius 3 is 2.80 bits per heavy atom. The van der Waals surface area contributed by atoms with Gasteiger partial charge in [0.25, 0.3) is 11.8 Å². The SMILES string of the molecule is CN(C(=O)c1cc(C(=O)NCC2CCCO2)ccn1)c1ccccc1. The van der Waals surface area contributed by atoms with E-state index in [4.69, 9.17) is 4.74 Å². The second kappa shape index (κ2) is 7.90. The number of pyridine rings is 1. The lowest BCUT2D eigenvalue weighted by atomic mass is 10.2. The highest BCUT2D eigenvalue weighted by Crippen LogP contribution is 2.15. The van der Waals surface area contributed by atoms with Gasteiger partial charge in [0.05, 0.1) is 6.10 Å². The number of aromatic nitrogens is 1. The van der Waals surface area contributed by atoms with Crippen molar-refractivity contribution in [2.45, 2.75) is 18.9 Å². The lowest BCUT2D eigenvalue weighted by Gasteiger charge is -2.17. The van der Waals surface area contributed by atoms with Gasteiger partial charge >= 0.3 is 0 Å². The molecule has 1 unspecified atom stereocenters. The molecule has 0 bridgehead atoms. The molecule has 0 spiro atoms. The smallest absolute Gasteiger partial charge is 0.276 e. The fraction of sp³-hybridized carbons (Fsp3) is 0.316. The van der Waals surface area contributed by atoms with Crippen molar-refractivity contribution in [2.75, 3.05) is 25.1 Å². The van der Waals surface area contributed by atoms with Crippen molar-refractivity contribution in [2.24, 2.45) is 0 Å². The number of nitrogens with one attached hydrogen (secondary N) is 1. The van der Waals surface area contributed by atoms with E-state index >= 15 is 0 Å². The van der Waals surface area contributed by atoms with Crippen molar-refractivity contribution in [1.29, 1.82) is 0 Å². The lowest BCUT2D eigenvalue weighted by molar-refractivity contribution is 0.0857. The van der Waals surface area contributed by atoms with E-state index in [-0.39, 0.29) is 23.6 Å². The Morgan fingerprint density at radius 2 is 2.08 bits per heavy atom. The van der Waals surface area contributed by atoms with E-state index in [0.29, 0.717) is 12.1 Å². The molecule has 6 heteroatoms. The van der Waals surface area contributed by atoms with Crippen LogP contribution in [0.1, 0.15) is 33.7 Å². The maximum atomic E-state index is 12.6. The number of amides is 2. The number of hydrogen-bond donors (Lipinski definition) is 1. The first-order chi connectivity index (χ1) is 12.1. The molecule has 130 valence electrons. The molecule has 25 heavy (non-hydrogen) atoms. The molecule has 0 radical (unpaired) electrons. The summed E-state index contributed by atoms with van der Waals surface area (Å²) in [5.74, 6) is -0.491. The summed E-state index contributed by atoms with van der Waals surface area (Å²) in [6.45, 7) is 1.23. The van der Waals surface area contributed by atoms with Crippen molar-refractivity contribution in [3.05, 3.63) is 59.9 Å². The molecule has 1 N–H and O–H groups in total. The van der Waals surface area contributed by atoms with E-state index in [1.54, 1.807) is 13.1 Å². The van der Waals surface area contributed by atoms with E-state index < -0.39 is 0 Å². The van der Waals surface area contributed by atoms with Crippen LogP contribution in [0.25, 0.3) is 0 Å². The predicted octanol–water partition coefficient (Wildman–Crippen LogP) is 2.27. The van der Waals surface area contributed by atoms with Crippen molar-refractivity contribution >= 4 is 17.5 Å². The fourth-order valence-electron chi connectivity index (χ4n) is 2.74. The predicted molar refractivity (Wildman–Crippen MR) is 94.7 cm³/mol. The maximum Gasteiger partial charge on any atom is 0.276 e. The van der Waals surface area contributed by atoms with Gasteiger partial charge in [-0.15, -0.1) is 0 Å². The minimum Gasteiger partial charge on any atom is -0.376 e. The molecule has 3 rings (SSSR count). The Labute approximate surface area is 146 Å². The summed E-state index contributed by atoms with van der Waals surface area (Å²) >= 11 is 0. The summed E-state index contributed by atoms with van der Waals surface area (Å²) in [6.07, 6.45) is 3.55. The van der Waals surface area contributed by atoms with E-state index in [1.165, 1.54) is 17.2 Å². The largest absolute Gasteiger partial charge is 0.376 e. The second-order valence-corrected chi connectivity index (χ2v) is 5.97. The standard InChI is InChI=1S/C19H21N3O3/c1-22(15-6-3-2-4-7-15)19(24)17-12-14(9-10-20-17)18(23)21-13-16-8-5-11-25-16/h2-4,6-7,9-10,12,16H,5,8,11,13H2,1H3,(H,21,23). The number of carbonyl (C=O) groups excluding carboxylic acids is 2. The second-order valence-electron chi connectivity index (χ2n) is 5.97. The number of para-hydroxylation sites is 1. The van der Waals surface area contributed by atoms with E-state index in [1.807, 2.05) is 30.3 Å². The van der Waals surface area contributed by atoms with Gasteiger partial charge < -0.3 is 15.0 Å². The van der Waals surface area contributed by atoms with Gasteiger partial charge in [-0.2, -0.15) is 0 Å². The van der Waals surface area contributed by atoms with Crippen LogP contribution in [-0.4, -0.2) is 43.1 Å². The van der Waals surface area contributed by atoms with E-state index in [0.717, 1.165) is 25.1 Å². The molecule has 0 aliphatic carbocycles. The number of anilines is 1. The first kappa shape index (κ1) is 17.1. The molecule has 1 saturated heterocycles. The van der Waals surface area contributed by atoms with Crippen molar-refractivity contribution in [1.82, 2.24) is 10.3 Å². The number of rotatable bonds is 5. The third kappa shape index (κ3) is 4.22. The number of carbonyl (C=O) groups is 2. The van der Waals surface area contributed by atoms with Crippen LogP contribution in [0.5, 0.6) is 0 Å². The molecule has 1 aromatic heterocycles. The zero-order chi connectivity index (χ0) is 17.6. The van der Waals surface area contributed by atoms with Crippen molar-refractivity contribution < 1.29 is 14.3 Å². The Balaban J connectivity index is 1.67. The van der Waals surface area contributed by atoms with E-state index in [2.05, 4.69) is 10.3 Å². The summed E-state index contributed by atoms with van der Waals surface area (Å²) in [4.78, 5) is 30.5. The highest BCUT2D eigenvalue weighted by Gasteiger charge is 2.19. The van der Waals surface area contributed by atoms with Gasteiger partial charge in [-0.05, 0) is 37.1 Å². The number of nitrogens with zero attached hydrogens (tertiary/aromatic N) is 2. The van der Waals surface area contributed by atoms with Gasteiger partial charge in [0.15, 0.2) is 0 Å². The first-order valence-electron chi connectivity index (χ1n) is 8.34. The Bertz CT molecular complexity index is 743. The average molecular weight is 339 g/mol. The first-order valence-corrected chi connectivity index (χ1v) is 8.34. The van der Waals surface area contributed by atoms with Crippen LogP contribution in [0.3, 0.4) is 0 Å². The van der Waals surface area contributed by atoms with Gasteiger partial charge in [-0.3, -0.25) is 14.6 Å². The molecule has 2 aromatic rings. The van der Waals surface area contributed by atoms with Crippen LogP contribution >= 0.6 is 0 Å². The monoisotopic (exact) mass is 339 g/mol. The van der Waals surface area contributed by atoms with Gasteiger partial charge in [-0.1, -0.05) is 18.2 Å². The highest BCUT2D eigenvalue weighted by molar-refractivity contribution is 6.06. The van der Waals surface area contributed by atoms with Gasteiger partial charge in [0.2, 0.25) is 0 Å². The number of benzene rings is 1. The summed E-state index contributed by atoms with van der Waals surface area (Å²) in [6, 6.07) is 12.4. The normalized spacial score (nSPS) is 16.4. The molecule has 0 saturated carbocycles. The van der Waals surface area contributed by atoms with Gasteiger partial charge in [0, 0.05) is 37.6 Å². The third-order valence-electron chi connectivity index (χ3n) is 4.20. The molecular formula is C19H21N3O3. The third-order valence-corrected chi connectivity index (χ3v) is 4.20. The molecule has 1 aromatic carbocycles. The fourth-order valence-corrected chi connectivity index (χ4v) is 2.74. The maximum absolute atomic E-state index is 12.6.